The van der Waals surface area contributed by atoms with E-state index in [2.05, 4.69) is 63.9 Å². The third-order valence-electron chi connectivity index (χ3n) is 5.12. The Morgan fingerprint density at radius 3 is 3.00 bits per heavy atom. The Kier molecular flexibility index (Phi) is 2.01. The second-order valence-electron chi connectivity index (χ2n) is 6.36. The second-order valence-corrected chi connectivity index (χ2v) is 6.36. The van der Waals surface area contributed by atoms with Gasteiger partial charge in [-0.25, -0.2) is 0 Å². The van der Waals surface area contributed by atoms with E-state index in [1.165, 1.54) is 22.9 Å². The van der Waals surface area contributed by atoms with E-state index in [9.17, 15) is 0 Å². The molecular weight excluding hydrogens is 260 g/mol. The number of hydrogen-bond acceptors (Lipinski definition) is 3. The molecule has 3 aliphatic heterocycles. The molecule has 4 heteroatoms. The quantitative estimate of drug-likeness (QED) is 0.737. The average Bonchev–Trinajstić information content (AvgIpc) is 3.16. The van der Waals surface area contributed by atoms with E-state index in [0.29, 0.717) is 0 Å². The van der Waals surface area contributed by atoms with Gasteiger partial charge in [0.2, 0.25) is 0 Å². The lowest BCUT2D eigenvalue weighted by Crippen LogP contribution is -2.41. The lowest BCUT2D eigenvalue weighted by molar-refractivity contribution is 0.211. The lowest BCUT2D eigenvalue weighted by Gasteiger charge is -2.33. The summed E-state index contributed by atoms with van der Waals surface area (Å²) in [6.45, 7) is 6.31. The Hall–Kier alpha value is -2.23. The smallest absolute Gasteiger partial charge is 0.197 e. The predicted molar refractivity (Wildman–Crippen MR) is 82.5 cm³/mol. The summed E-state index contributed by atoms with van der Waals surface area (Å²) in [6, 6.07) is 13.1. The first-order valence-electron chi connectivity index (χ1n) is 7.60. The van der Waals surface area contributed by atoms with Crippen molar-refractivity contribution in [1.82, 2.24) is 14.4 Å². The van der Waals surface area contributed by atoms with Crippen molar-refractivity contribution in [2.75, 3.05) is 19.6 Å². The summed E-state index contributed by atoms with van der Waals surface area (Å²) in [5.74, 6) is 1.18. The van der Waals surface area contributed by atoms with Crippen LogP contribution in [0.5, 0.6) is 0 Å². The van der Waals surface area contributed by atoms with Crippen LogP contribution in [-0.4, -0.2) is 40.0 Å². The van der Waals surface area contributed by atoms with Crippen LogP contribution < -0.4 is 0 Å². The number of nitrogens with zero attached hydrogens (tertiary/aromatic N) is 4. The van der Waals surface area contributed by atoms with Crippen LogP contribution in [0.4, 0.5) is 0 Å². The summed E-state index contributed by atoms with van der Waals surface area (Å²) < 4.78 is 2.36. The van der Waals surface area contributed by atoms with Crippen LogP contribution >= 0.6 is 0 Å². The number of rotatable bonds is 0. The van der Waals surface area contributed by atoms with Crippen molar-refractivity contribution >= 4 is 5.96 Å². The molecular formula is C17H18N4. The minimum Gasteiger partial charge on any atom is -0.338 e. The molecule has 3 aliphatic rings. The Balaban J connectivity index is 1.79. The van der Waals surface area contributed by atoms with Gasteiger partial charge in [0.1, 0.15) is 0 Å². The number of guanidine groups is 1. The van der Waals surface area contributed by atoms with Crippen molar-refractivity contribution in [3.63, 3.8) is 0 Å². The van der Waals surface area contributed by atoms with Gasteiger partial charge in [-0.1, -0.05) is 18.2 Å². The molecule has 0 radical (unpaired) electrons. The third-order valence-corrected chi connectivity index (χ3v) is 5.12. The number of aliphatic imine (C=N–C) groups is 1. The summed E-state index contributed by atoms with van der Waals surface area (Å²) in [4.78, 5) is 9.69. The van der Waals surface area contributed by atoms with E-state index in [-0.39, 0.29) is 5.54 Å². The van der Waals surface area contributed by atoms with Gasteiger partial charge in [-0.15, -0.1) is 0 Å². The molecule has 2 aromatic rings. The maximum absolute atomic E-state index is 4.76. The molecule has 0 spiro atoms. The SMILES string of the molecule is CC12CN3CCN=C3N1Cc1ccccc1-n1cccc12. The third kappa shape index (κ3) is 1.32. The van der Waals surface area contributed by atoms with Crippen LogP contribution in [0.15, 0.2) is 47.6 Å². The molecule has 4 nitrogen and oxygen atoms in total. The number of aromatic nitrogens is 1. The second kappa shape index (κ2) is 3.70. The molecule has 1 fully saturated rings. The summed E-state index contributed by atoms with van der Waals surface area (Å²) in [6.07, 6.45) is 2.19. The van der Waals surface area contributed by atoms with E-state index in [0.717, 1.165) is 26.2 Å². The summed E-state index contributed by atoms with van der Waals surface area (Å²) in [5, 5.41) is 0. The highest BCUT2D eigenvalue weighted by Crippen LogP contribution is 2.42. The maximum atomic E-state index is 4.76. The Morgan fingerprint density at radius 1 is 1.14 bits per heavy atom. The highest BCUT2D eigenvalue weighted by molar-refractivity contribution is 5.85. The van der Waals surface area contributed by atoms with Crippen molar-refractivity contribution in [3.05, 3.63) is 53.9 Å². The minimum absolute atomic E-state index is 0.00176. The summed E-state index contributed by atoms with van der Waals surface area (Å²) in [5.41, 5.74) is 4.04. The summed E-state index contributed by atoms with van der Waals surface area (Å²) in [7, 11) is 0. The zero-order valence-corrected chi connectivity index (χ0v) is 12.2. The summed E-state index contributed by atoms with van der Waals surface area (Å²) >= 11 is 0. The van der Waals surface area contributed by atoms with E-state index >= 15 is 0 Å². The van der Waals surface area contributed by atoms with Crippen molar-refractivity contribution in [2.24, 2.45) is 4.99 Å². The van der Waals surface area contributed by atoms with Gasteiger partial charge in [0.25, 0.3) is 0 Å². The van der Waals surface area contributed by atoms with Crippen LogP contribution in [0.25, 0.3) is 5.69 Å². The zero-order valence-electron chi connectivity index (χ0n) is 12.2. The zero-order chi connectivity index (χ0) is 14.0. The van der Waals surface area contributed by atoms with Crippen LogP contribution in [-0.2, 0) is 12.1 Å². The number of fused-ring (bicyclic) bond motifs is 7. The van der Waals surface area contributed by atoms with Crippen molar-refractivity contribution < 1.29 is 0 Å². The monoisotopic (exact) mass is 278 g/mol. The van der Waals surface area contributed by atoms with E-state index in [1.54, 1.807) is 0 Å². The number of benzene rings is 1. The van der Waals surface area contributed by atoms with Crippen molar-refractivity contribution in [2.45, 2.75) is 19.0 Å². The molecule has 1 saturated heterocycles. The van der Waals surface area contributed by atoms with Crippen molar-refractivity contribution in [3.8, 4) is 5.69 Å². The molecule has 0 aliphatic carbocycles. The van der Waals surface area contributed by atoms with Gasteiger partial charge >= 0.3 is 0 Å². The molecule has 5 rings (SSSR count). The first-order chi connectivity index (χ1) is 10.3. The fourth-order valence-corrected chi connectivity index (χ4v) is 4.10. The number of hydrogen-bond donors (Lipinski definition) is 0. The van der Waals surface area contributed by atoms with Gasteiger partial charge in [0.15, 0.2) is 5.96 Å². The molecule has 1 unspecified atom stereocenters. The molecule has 106 valence electrons. The predicted octanol–water partition coefficient (Wildman–Crippen LogP) is 2.19. The van der Waals surface area contributed by atoms with Gasteiger partial charge in [0, 0.05) is 25.8 Å². The fraction of sp³-hybridized carbons (Fsp3) is 0.353. The minimum atomic E-state index is 0.00176. The molecule has 21 heavy (non-hydrogen) atoms. The molecule has 0 N–H and O–H groups in total. The van der Waals surface area contributed by atoms with Gasteiger partial charge in [-0.05, 0) is 30.7 Å². The molecule has 4 heterocycles. The van der Waals surface area contributed by atoms with Gasteiger partial charge in [-0.3, -0.25) is 4.99 Å². The highest BCUT2D eigenvalue weighted by Gasteiger charge is 2.49. The average molecular weight is 278 g/mol. The molecule has 1 aromatic carbocycles. The molecule has 0 amide bonds. The van der Waals surface area contributed by atoms with Gasteiger partial charge < -0.3 is 14.4 Å². The van der Waals surface area contributed by atoms with Crippen LogP contribution in [0.3, 0.4) is 0 Å². The van der Waals surface area contributed by atoms with Crippen LogP contribution in [0.1, 0.15) is 18.2 Å². The fourth-order valence-electron chi connectivity index (χ4n) is 4.10. The molecule has 0 bridgehead atoms. The standard InChI is InChI=1S/C17H18N4/c1-17-12-19-10-8-18-16(19)21(17)11-13-5-2-3-6-14(13)20-9-4-7-15(17)20/h2-7,9H,8,10-12H2,1H3. The molecule has 1 atom stereocenters. The Bertz CT molecular complexity index is 760. The normalized spacial score (nSPS) is 25.9. The van der Waals surface area contributed by atoms with E-state index < -0.39 is 0 Å². The van der Waals surface area contributed by atoms with E-state index in [4.69, 9.17) is 4.99 Å². The topological polar surface area (TPSA) is 23.8 Å². The van der Waals surface area contributed by atoms with Crippen LogP contribution in [0.2, 0.25) is 0 Å². The van der Waals surface area contributed by atoms with Crippen molar-refractivity contribution in [1.29, 1.82) is 0 Å². The molecule has 1 aromatic heterocycles. The lowest BCUT2D eigenvalue weighted by atomic mass is 9.97. The highest BCUT2D eigenvalue weighted by atomic mass is 15.5. The number of para-hydroxylation sites is 1. The van der Waals surface area contributed by atoms with Gasteiger partial charge in [-0.2, -0.15) is 0 Å². The Morgan fingerprint density at radius 2 is 2.05 bits per heavy atom. The largest absolute Gasteiger partial charge is 0.338 e. The Labute approximate surface area is 124 Å². The van der Waals surface area contributed by atoms with E-state index in [1.807, 2.05) is 0 Å². The first-order valence-corrected chi connectivity index (χ1v) is 7.60. The van der Waals surface area contributed by atoms with Gasteiger partial charge in [0.05, 0.1) is 23.5 Å². The first kappa shape index (κ1) is 11.4. The maximum Gasteiger partial charge on any atom is 0.197 e. The van der Waals surface area contributed by atoms with Crippen LogP contribution in [0, 0.1) is 0 Å². The molecule has 0 saturated carbocycles.